The summed E-state index contributed by atoms with van der Waals surface area (Å²) in [6, 6.07) is 0. The maximum atomic E-state index is 10.1. The van der Waals surface area contributed by atoms with Crippen molar-refractivity contribution >= 4 is 0 Å². The molecule has 3 unspecified atom stereocenters. The Morgan fingerprint density at radius 2 is 1.97 bits per heavy atom. The van der Waals surface area contributed by atoms with Crippen LogP contribution in [0.4, 0.5) is 0 Å². The summed E-state index contributed by atoms with van der Waals surface area (Å²) in [4.78, 5) is 0. The summed E-state index contributed by atoms with van der Waals surface area (Å²) in [5.74, 6) is 2.29. The van der Waals surface area contributed by atoms with E-state index in [-0.39, 0.29) is 6.10 Å². The van der Waals surface area contributed by atoms with E-state index in [4.69, 9.17) is 0 Å². The van der Waals surface area contributed by atoms with Gasteiger partial charge in [0.15, 0.2) is 0 Å². The lowest BCUT2D eigenvalue weighted by molar-refractivity contribution is 0.0596. The third kappa shape index (κ3) is 5.44. The summed E-state index contributed by atoms with van der Waals surface area (Å²) in [6.07, 6.45) is 17.1. The number of aliphatic hydroxyl groups is 2. The van der Waals surface area contributed by atoms with Crippen LogP contribution in [0.15, 0.2) is 35.5 Å². The molecule has 0 heterocycles. The summed E-state index contributed by atoms with van der Waals surface area (Å²) in [6.45, 7) is 12.9. The number of hydrogen-bond acceptors (Lipinski definition) is 2. The van der Waals surface area contributed by atoms with Gasteiger partial charge in [0, 0.05) is 0 Å². The van der Waals surface area contributed by atoms with E-state index in [0.717, 1.165) is 55.4 Å². The van der Waals surface area contributed by atoms with E-state index in [1.807, 2.05) is 13.8 Å². The van der Waals surface area contributed by atoms with Gasteiger partial charge in [0.05, 0.1) is 11.7 Å². The van der Waals surface area contributed by atoms with E-state index in [1.165, 1.54) is 44.1 Å². The second-order valence-electron chi connectivity index (χ2n) is 11.2. The molecule has 0 amide bonds. The van der Waals surface area contributed by atoms with Gasteiger partial charge < -0.3 is 10.2 Å². The van der Waals surface area contributed by atoms with Crippen molar-refractivity contribution in [3.8, 4) is 0 Å². The Morgan fingerprint density at radius 3 is 2.66 bits per heavy atom. The third-order valence-electron chi connectivity index (χ3n) is 8.40. The second kappa shape index (κ2) is 9.10. The predicted molar refractivity (Wildman–Crippen MR) is 123 cm³/mol. The summed E-state index contributed by atoms with van der Waals surface area (Å²) >= 11 is 0. The van der Waals surface area contributed by atoms with Crippen molar-refractivity contribution in [3.63, 3.8) is 0 Å². The summed E-state index contributed by atoms with van der Waals surface area (Å²) in [7, 11) is 0. The summed E-state index contributed by atoms with van der Waals surface area (Å²) in [5.41, 5.74) is 3.96. The molecule has 2 heteroatoms. The fourth-order valence-corrected chi connectivity index (χ4v) is 6.63. The molecule has 0 saturated heterocycles. The minimum atomic E-state index is -0.533. The first kappa shape index (κ1) is 22.8. The molecule has 0 radical (unpaired) electrons. The van der Waals surface area contributed by atoms with E-state index in [0.29, 0.717) is 5.41 Å². The minimum Gasteiger partial charge on any atom is -0.390 e. The largest absolute Gasteiger partial charge is 0.390 e. The molecule has 164 valence electrons. The van der Waals surface area contributed by atoms with Gasteiger partial charge in [-0.05, 0) is 100 Å². The van der Waals surface area contributed by atoms with E-state index in [1.54, 1.807) is 5.57 Å². The molecule has 3 saturated carbocycles. The highest BCUT2D eigenvalue weighted by Crippen LogP contribution is 2.59. The topological polar surface area (TPSA) is 40.5 Å². The number of rotatable bonds is 6. The Hall–Kier alpha value is -0.860. The normalized spacial score (nSPS) is 37.2. The maximum absolute atomic E-state index is 10.1. The molecule has 0 spiro atoms. The summed E-state index contributed by atoms with van der Waals surface area (Å²) in [5, 5.41) is 20.1. The Labute approximate surface area is 179 Å². The highest BCUT2D eigenvalue weighted by Gasteiger charge is 2.50. The van der Waals surface area contributed by atoms with Crippen LogP contribution in [0.3, 0.4) is 0 Å². The van der Waals surface area contributed by atoms with Crippen molar-refractivity contribution in [2.24, 2.45) is 23.2 Å². The van der Waals surface area contributed by atoms with E-state index < -0.39 is 5.60 Å². The van der Waals surface area contributed by atoms with Gasteiger partial charge in [0.1, 0.15) is 0 Å². The van der Waals surface area contributed by atoms with E-state index in [9.17, 15) is 10.2 Å². The van der Waals surface area contributed by atoms with Gasteiger partial charge in [0.2, 0.25) is 0 Å². The van der Waals surface area contributed by atoms with Gasteiger partial charge in [-0.3, -0.25) is 0 Å². The van der Waals surface area contributed by atoms with Gasteiger partial charge in [-0.15, -0.1) is 0 Å². The van der Waals surface area contributed by atoms with Gasteiger partial charge in [-0.1, -0.05) is 56.6 Å². The SMILES string of the molecule is C=C1CC/C(=C/C=C2\CCCC3(C)C2CCC3[C@@H](C)CCCC(C)(C)O)C[C@H]1O. The lowest BCUT2D eigenvalue weighted by Gasteiger charge is -2.44. The lowest BCUT2D eigenvalue weighted by Crippen LogP contribution is -2.36. The number of hydrogen-bond donors (Lipinski definition) is 2. The van der Waals surface area contributed by atoms with Crippen LogP contribution in [0.1, 0.15) is 98.3 Å². The molecule has 0 aromatic rings. The van der Waals surface area contributed by atoms with Gasteiger partial charge in [-0.25, -0.2) is 0 Å². The van der Waals surface area contributed by atoms with Crippen LogP contribution in [-0.2, 0) is 0 Å². The first-order valence-electron chi connectivity index (χ1n) is 12.1. The number of allylic oxidation sites excluding steroid dienone is 3. The Kier molecular flexibility index (Phi) is 7.16. The Balaban J connectivity index is 1.65. The molecule has 29 heavy (non-hydrogen) atoms. The molecule has 0 aliphatic heterocycles. The van der Waals surface area contributed by atoms with Gasteiger partial charge in [-0.2, -0.15) is 0 Å². The zero-order chi connectivity index (χ0) is 21.2. The Bertz CT molecular complexity index is 650. The van der Waals surface area contributed by atoms with E-state index >= 15 is 0 Å². The summed E-state index contributed by atoms with van der Waals surface area (Å²) < 4.78 is 0. The predicted octanol–water partition coefficient (Wildman–Crippen LogP) is 6.73. The fourth-order valence-electron chi connectivity index (χ4n) is 6.63. The number of fused-ring (bicyclic) bond motifs is 1. The molecular formula is C27H44O2. The molecule has 3 aliphatic carbocycles. The van der Waals surface area contributed by atoms with Crippen LogP contribution < -0.4 is 0 Å². The van der Waals surface area contributed by atoms with Crippen molar-refractivity contribution in [3.05, 3.63) is 35.5 Å². The van der Waals surface area contributed by atoms with Gasteiger partial charge >= 0.3 is 0 Å². The van der Waals surface area contributed by atoms with Crippen molar-refractivity contribution in [1.82, 2.24) is 0 Å². The monoisotopic (exact) mass is 400 g/mol. The standard InChI is InChI=1S/C27H44O2/c1-19(8-6-16-26(3,4)29)23-14-15-24-22(9-7-17-27(23,24)5)13-12-21-11-10-20(2)25(28)18-21/h12-13,19,23-25,28-29H,2,6-11,14-18H2,1,3-5H3/b21-12-,22-13+/t19-,23?,24?,25+,27?/m0/s1. The average molecular weight is 401 g/mol. The molecule has 3 fully saturated rings. The molecule has 0 aromatic carbocycles. The highest BCUT2D eigenvalue weighted by atomic mass is 16.3. The molecule has 3 aliphatic rings. The van der Waals surface area contributed by atoms with Crippen molar-refractivity contribution in [2.75, 3.05) is 0 Å². The van der Waals surface area contributed by atoms with Crippen molar-refractivity contribution < 1.29 is 10.2 Å². The average Bonchev–Trinajstić information content (AvgIpc) is 2.99. The Morgan fingerprint density at radius 1 is 1.21 bits per heavy atom. The van der Waals surface area contributed by atoms with E-state index in [2.05, 4.69) is 32.6 Å². The van der Waals surface area contributed by atoms with Crippen LogP contribution in [0.5, 0.6) is 0 Å². The zero-order valence-electron chi connectivity index (χ0n) is 19.3. The third-order valence-corrected chi connectivity index (χ3v) is 8.40. The molecule has 2 N–H and O–H groups in total. The molecule has 5 atom stereocenters. The van der Waals surface area contributed by atoms with Crippen LogP contribution >= 0.6 is 0 Å². The molecule has 3 rings (SSSR count). The maximum Gasteiger partial charge on any atom is 0.0784 e. The van der Waals surface area contributed by atoms with Crippen LogP contribution in [0.2, 0.25) is 0 Å². The smallest absolute Gasteiger partial charge is 0.0784 e. The molecule has 0 aromatic heterocycles. The highest BCUT2D eigenvalue weighted by molar-refractivity contribution is 5.28. The second-order valence-corrected chi connectivity index (χ2v) is 11.2. The van der Waals surface area contributed by atoms with Crippen LogP contribution in [-0.4, -0.2) is 21.9 Å². The van der Waals surface area contributed by atoms with Crippen molar-refractivity contribution in [2.45, 2.75) is 110 Å². The first-order valence-corrected chi connectivity index (χ1v) is 12.1. The first-order chi connectivity index (χ1) is 13.6. The van der Waals surface area contributed by atoms with Crippen molar-refractivity contribution in [1.29, 1.82) is 0 Å². The lowest BCUT2D eigenvalue weighted by atomic mass is 9.60. The molecule has 0 bridgehead atoms. The van der Waals surface area contributed by atoms with Gasteiger partial charge in [0.25, 0.3) is 0 Å². The minimum absolute atomic E-state index is 0.342. The van der Waals surface area contributed by atoms with Crippen LogP contribution in [0, 0.1) is 23.2 Å². The fraction of sp³-hybridized carbons (Fsp3) is 0.778. The quantitative estimate of drug-likeness (QED) is 0.485. The number of aliphatic hydroxyl groups excluding tert-OH is 1. The zero-order valence-corrected chi connectivity index (χ0v) is 19.3. The molecule has 2 nitrogen and oxygen atoms in total. The molecular weight excluding hydrogens is 356 g/mol. The van der Waals surface area contributed by atoms with Crippen LogP contribution in [0.25, 0.3) is 0 Å².